The van der Waals surface area contributed by atoms with Crippen LogP contribution in [-0.4, -0.2) is 71.2 Å². The zero-order chi connectivity index (χ0) is 22.4. The molecule has 8 nitrogen and oxygen atoms in total. The molecule has 0 saturated carbocycles. The molecule has 1 aliphatic rings. The number of thioether (sulfide) groups is 1. The minimum atomic E-state index is -4.76. The summed E-state index contributed by atoms with van der Waals surface area (Å²) in [6.07, 6.45) is 3.70. The van der Waals surface area contributed by atoms with Gasteiger partial charge in [0.2, 0.25) is 0 Å². The maximum atomic E-state index is 12.9. The Labute approximate surface area is 212 Å². The molecule has 3 rings (SSSR count). The Morgan fingerprint density at radius 1 is 1.22 bits per heavy atom. The van der Waals surface area contributed by atoms with E-state index in [9.17, 15) is 9.36 Å². The molecule has 32 heavy (non-hydrogen) atoms. The number of fused-ring (bicyclic) bond motifs is 1. The van der Waals surface area contributed by atoms with Gasteiger partial charge in [0.15, 0.2) is 17.3 Å². The molecule has 0 spiro atoms. The van der Waals surface area contributed by atoms with Gasteiger partial charge in [0.1, 0.15) is 11.5 Å². The van der Waals surface area contributed by atoms with E-state index in [0.29, 0.717) is 35.8 Å². The number of methoxy groups -OCH3 is 1. The Balaban J connectivity index is 0.00000363. The van der Waals surface area contributed by atoms with Crippen molar-refractivity contribution >= 4 is 61.0 Å². The van der Waals surface area contributed by atoms with E-state index in [1.807, 2.05) is 6.92 Å². The summed E-state index contributed by atoms with van der Waals surface area (Å²) < 4.78 is 32.3. The summed E-state index contributed by atoms with van der Waals surface area (Å²) in [6, 6.07) is 8.04. The monoisotopic (exact) mass is 490 g/mol. The molecule has 0 aliphatic carbocycles. The van der Waals surface area contributed by atoms with E-state index < -0.39 is 7.82 Å². The van der Waals surface area contributed by atoms with Crippen LogP contribution >= 0.6 is 19.6 Å². The van der Waals surface area contributed by atoms with Crippen LogP contribution in [-0.2, 0) is 4.57 Å². The fourth-order valence-electron chi connectivity index (χ4n) is 2.85. The zero-order valence-corrected chi connectivity index (χ0v) is 18.8. The number of ether oxygens (including phenoxy) is 3. The van der Waals surface area contributed by atoms with Crippen LogP contribution in [0.4, 0.5) is 0 Å². The van der Waals surface area contributed by atoms with Crippen molar-refractivity contribution in [2.45, 2.75) is 18.2 Å². The van der Waals surface area contributed by atoms with Crippen LogP contribution in [0.5, 0.6) is 23.0 Å². The average Bonchev–Trinajstić information content (AvgIpc) is 2.74. The normalized spacial score (nSPS) is 13.0. The molecule has 0 amide bonds. The Morgan fingerprint density at radius 3 is 2.69 bits per heavy atom. The van der Waals surface area contributed by atoms with E-state index in [2.05, 4.69) is 4.52 Å². The van der Waals surface area contributed by atoms with Gasteiger partial charge in [-0.3, -0.25) is 14.6 Å². The van der Waals surface area contributed by atoms with Crippen molar-refractivity contribution in [3.8, 4) is 23.0 Å². The topological polar surface area (TPSA) is 112 Å². The summed E-state index contributed by atoms with van der Waals surface area (Å²) in [4.78, 5) is 32.0. The molecular weight excluding hydrogens is 466 g/mol. The van der Waals surface area contributed by atoms with Gasteiger partial charge in [0, 0.05) is 11.8 Å². The first kappa shape index (κ1) is 26.8. The van der Waals surface area contributed by atoms with Crippen LogP contribution in [0.3, 0.4) is 0 Å². The summed E-state index contributed by atoms with van der Waals surface area (Å²) >= 11 is 1.62. The molecule has 0 radical (unpaired) electrons. The van der Waals surface area contributed by atoms with Gasteiger partial charge in [-0.2, -0.15) is 0 Å². The first-order valence-electron chi connectivity index (χ1n) is 9.52. The van der Waals surface area contributed by atoms with Crippen LogP contribution in [0, 0.1) is 0 Å². The van der Waals surface area contributed by atoms with Gasteiger partial charge in [-0.15, -0.1) is 11.8 Å². The first-order chi connectivity index (χ1) is 14.8. The minimum absolute atomic E-state index is 0. The predicted molar refractivity (Wildman–Crippen MR) is 125 cm³/mol. The van der Waals surface area contributed by atoms with E-state index in [1.165, 1.54) is 31.4 Å². The van der Waals surface area contributed by atoms with Crippen molar-refractivity contribution in [3.63, 3.8) is 0 Å². The molecule has 2 aromatic carbocycles. The molecule has 2 N–H and O–H groups in total. The van der Waals surface area contributed by atoms with Crippen LogP contribution in [0.15, 0.2) is 41.3 Å². The second kappa shape index (κ2) is 12.1. The number of carbonyl (C=O) groups excluding carboxylic acids is 1. The number of phosphoric ester groups is 1. The second-order valence-corrected chi connectivity index (χ2v) is 8.83. The third-order valence-electron chi connectivity index (χ3n) is 4.20. The summed E-state index contributed by atoms with van der Waals surface area (Å²) in [5, 5.41) is 0. The summed E-state index contributed by atoms with van der Waals surface area (Å²) in [6.45, 7) is 3.05. The third kappa shape index (κ3) is 7.28. The van der Waals surface area contributed by atoms with E-state index >= 15 is 0 Å². The van der Waals surface area contributed by atoms with Crippen molar-refractivity contribution < 1.29 is 37.9 Å². The molecule has 0 fully saturated rings. The molecule has 168 valence electrons. The van der Waals surface area contributed by atoms with Crippen molar-refractivity contribution in [2.75, 3.05) is 26.1 Å². The van der Waals surface area contributed by atoms with Crippen molar-refractivity contribution in [2.24, 2.45) is 0 Å². The molecule has 0 saturated heterocycles. The van der Waals surface area contributed by atoms with Crippen LogP contribution in [0.2, 0.25) is 0 Å². The number of hydrogen-bond donors (Lipinski definition) is 2. The molecule has 1 aliphatic heterocycles. The predicted octanol–water partition coefficient (Wildman–Crippen LogP) is 3.69. The number of phosphoric acid groups is 1. The van der Waals surface area contributed by atoms with Crippen LogP contribution in [0.1, 0.15) is 29.3 Å². The van der Waals surface area contributed by atoms with Gasteiger partial charge in [-0.05, 0) is 36.3 Å². The Hall–Kier alpha value is -1.45. The fourth-order valence-corrected chi connectivity index (χ4v) is 4.10. The zero-order valence-electron chi connectivity index (χ0n) is 17.1. The number of carbonyl (C=O) groups is 1. The quantitative estimate of drug-likeness (QED) is 0.235. The van der Waals surface area contributed by atoms with Gasteiger partial charge in [-0.1, -0.05) is 19.1 Å². The van der Waals surface area contributed by atoms with E-state index in [1.54, 1.807) is 30.0 Å². The second-order valence-electron chi connectivity index (χ2n) is 6.53. The summed E-state index contributed by atoms with van der Waals surface area (Å²) in [7, 11) is -3.41. The van der Waals surface area contributed by atoms with Crippen molar-refractivity contribution in [3.05, 3.63) is 47.5 Å². The van der Waals surface area contributed by atoms with Gasteiger partial charge in [0.05, 0.1) is 30.8 Å². The van der Waals surface area contributed by atoms with E-state index in [-0.39, 0.29) is 46.8 Å². The Bertz CT molecular complexity index is 1040. The number of rotatable bonds is 9. The van der Waals surface area contributed by atoms with E-state index in [0.717, 1.165) is 17.1 Å². The fraction of sp³-hybridized carbons (Fsp3) is 0.286. The van der Waals surface area contributed by atoms with Crippen LogP contribution < -0.4 is 18.7 Å². The molecule has 0 atom stereocenters. The van der Waals surface area contributed by atoms with E-state index in [4.69, 9.17) is 24.0 Å². The summed E-state index contributed by atoms with van der Waals surface area (Å²) in [5.41, 5.74) is 0.922. The van der Waals surface area contributed by atoms with Crippen molar-refractivity contribution in [1.82, 2.24) is 0 Å². The Morgan fingerprint density at radius 2 is 2.00 bits per heavy atom. The van der Waals surface area contributed by atoms with Crippen molar-refractivity contribution in [1.29, 1.82) is 0 Å². The van der Waals surface area contributed by atoms with Crippen LogP contribution in [0.25, 0.3) is 6.08 Å². The van der Waals surface area contributed by atoms with Gasteiger partial charge in [0.25, 0.3) is 0 Å². The maximum absolute atomic E-state index is 12.9. The molecule has 2 aromatic rings. The number of hydrogen-bond acceptors (Lipinski definition) is 7. The van der Waals surface area contributed by atoms with Gasteiger partial charge >= 0.3 is 37.4 Å². The number of benzene rings is 2. The Kier molecular flexibility index (Phi) is 10.2. The molecule has 0 aromatic heterocycles. The molecule has 0 unspecified atom stereocenters. The summed E-state index contributed by atoms with van der Waals surface area (Å²) in [5.74, 6) is 1.73. The molecule has 1 heterocycles. The molecular formula is C21H24NaO8PS. The standard InChI is InChI=1S/C21H23O8PS.Na.H/c1-3-8-27-18-13-20-21(31-10-9-28-20)12-15(18)16(22)6-4-14-5-7-17(26-2)19(11-14)29-30(23,24)25;;/h4-7,11-13H,3,8-10H2,1-2H3,(H2,23,24,25);;/b6-4+;;. The van der Waals surface area contributed by atoms with Gasteiger partial charge in [-0.25, -0.2) is 4.57 Å². The SMILES string of the molecule is CCCOc1cc2c(cc1C(=O)/C=C/c1ccc(OC)c(OP(=O)(O)O)c1)SCCO2.[NaH]. The molecule has 11 heteroatoms. The number of ketones is 1. The van der Waals surface area contributed by atoms with Gasteiger partial charge < -0.3 is 18.7 Å². The third-order valence-corrected chi connectivity index (χ3v) is 5.64. The molecule has 0 bridgehead atoms. The number of allylic oxidation sites excluding steroid dienone is 1. The average molecular weight is 490 g/mol. The first-order valence-corrected chi connectivity index (χ1v) is 12.0.